The van der Waals surface area contributed by atoms with Crippen molar-refractivity contribution in [2.45, 2.75) is 136 Å². The maximum absolute atomic E-state index is 9.97. The molecule has 0 aromatic heterocycles. The van der Waals surface area contributed by atoms with E-state index in [4.69, 9.17) is 32.4 Å². The van der Waals surface area contributed by atoms with Gasteiger partial charge in [-0.1, -0.05) is 119 Å². The molecule has 1 heterocycles. The second-order valence-corrected chi connectivity index (χ2v) is 25.1. The number of thioether (sulfide) groups is 2. The van der Waals surface area contributed by atoms with Gasteiger partial charge in [0.05, 0.1) is 4.20 Å². The van der Waals surface area contributed by atoms with E-state index < -0.39 is 10.3 Å². The first-order valence-electron chi connectivity index (χ1n) is 21.3. The number of hydroxylamine groups is 2. The highest BCUT2D eigenvalue weighted by atomic mass is 79.9. The van der Waals surface area contributed by atoms with Crippen molar-refractivity contribution in [3.05, 3.63) is 144 Å². The predicted octanol–water partition coefficient (Wildman–Crippen LogP) is 15.7. The third-order valence-corrected chi connectivity index (χ3v) is 12.9. The summed E-state index contributed by atoms with van der Waals surface area (Å²) in [6.45, 7) is 22.8. The van der Waals surface area contributed by atoms with E-state index in [9.17, 15) is 15.0 Å². The number of thiocarbonyl (C=S) groups is 1. The fourth-order valence-corrected chi connectivity index (χ4v) is 8.56. The predicted molar refractivity (Wildman–Crippen MR) is 283 cm³/mol. The second-order valence-electron chi connectivity index (χ2n) is 18.1. The van der Waals surface area contributed by atoms with Gasteiger partial charge in [0.15, 0.2) is 0 Å². The minimum absolute atomic E-state index is 0.0211. The summed E-state index contributed by atoms with van der Waals surface area (Å²) in [5, 5.41) is 46.9. The van der Waals surface area contributed by atoms with Crippen molar-refractivity contribution in [2.24, 2.45) is 0 Å². The van der Waals surface area contributed by atoms with Gasteiger partial charge in [0.1, 0.15) is 33.4 Å². The highest BCUT2D eigenvalue weighted by Crippen LogP contribution is 2.40. The molecule has 354 valence electrons. The zero-order valence-corrected chi connectivity index (χ0v) is 45.0. The number of phenols is 4. The normalized spacial score (nSPS) is 15.0. The molecule has 65 heavy (non-hydrogen) atoms. The number of halogens is 2. The maximum Gasteiger partial charge on any atom is 0.319 e. The second kappa shape index (κ2) is 26.7. The Labute approximate surface area is 418 Å². The van der Waals surface area contributed by atoms with Gasteiger partial charge in [-0.05, 0) is 176 Å². The highest BCUT2D eigenvalue weighted by molar-refractivity contribution is 9.10. The molecule has 2 atom stereocenters. The molecule has 1 aliphatic rings. The van der Waals surface area contributed by atoms with E-state index >= 15 is 0 Å². The zero-order valence-electron chi connectivity index (χ0n) is 39.4. The SMILES string of the molecule is CC(Br)c1ccc(O)cc1.CC(C)(Br)C(=O)O.CC(C)(C)Sc1ccc(O)cc1.CC(ON1C(C)(C)CCCC1(C)C)c1ccc(O)cc1.Oc1ccc(C(=S)Sc2ccccc2)cc1. The number of aromatic hydroxyl groups is 4. The molecule has 0 bridgehead atoms. The number of rotatable bonds is 8. The number of aliphatic carboxylic acids is 1. The molecular formula is C52H67Br2NO7S3. The van der Waals surface area contributed by atoms with Gasteiger partial charge in [-0.25, -0.2) is 0 Å². The molecule has 1 aliphatic heterocycles. The lowest BCUT2D eigenvalue weighted by atomic mass is 9.82. The van der Waals surface area contributed by atoms with Gasteiger partial charge in [0.25, 0.3) is 0 Å². The number of piperidine rings is 1. The lowest BCUT2D eigenvalue weighted by Crippen LogP contribution is -2.58. The van der Waals surface area contributed by atoms with Crippen LogP contribution in [0.1, 0.15) is 123 Å². The Kier molecular flexibility index (Phi) is 23.6. The summed E-state index contributed by atoms with van der Waals surface area (Å²) in [4.78, 5) is 18.9. The topological polar surface area (TPSA) is 131 Å². The summed E-state index contributed by atoms with van der Waals surface area (Å²) >= 11 is 15.0. The van der Waals surface area contributed by atoms with Crippen LogP contribution < -0.4 is 0 Å². The Balaban J connectivity index is 0.000000292. The summed E-state index contributed by atoms with van der Waals surface area (Å²) < 4.78 is 0.274. The van der Waals surface area contributed by atoms with Crippen molar-refractivity contribution in [1.29, 1.82) is 0 Å². The van der Waals surface area contributed by atoms with Gasteiger partial charge in [-0.15, -0.1) is 11.8 Å². The van der Waals surface area contributed by atoms with Crippen molar-refractivity contribution in [3.63, 3.8) is 0 Å². The third-order valence-electron chi connectivity index (χ3n) is 9.48. The van der Waals surface area contributed by atoms with E-state index in [1.165, 1.54) is 16.9 Å². The molecule has 6 rings (SSSR count). The Morgan fingerprint density at radius 3 is 1.43 bits per heavy atom. The summed E-state index contributed by atoms with van der Waals surface area (Å²) in [5.41, 5.74) is 3.32. The van der Waals surface area contributed by atoms with Crippen LogP contribution in [0.5, 0.6) is 23.0 Å². The molecule has 0 amide bonds. The molecule has 1 saturated heterocycles. The quantitative estimate of drug-likeness (QED) is 0.0578. The molecule has 0 saturated carbocycles. The van der Waals surface area contributed by atoms with Crippen LogP contribution in [0.25, 0.3) is 0 Å². The molecule has 5 aromatic carbocycles. The van der Waals surface area contributed by atoms with Crippen LogP contribution in [-0.2, 0) is 9.63 Å². The number of carboxylic acid groups (broad SMARTS) is 1. The first-order chi connectivity index (χ1) is 30.1. The first-order valence-corrected chi connectivity index (χ1v) is 25.0. The number of phenolic OH excluding ortho intramolecular Hbond substituents is 4. The highest BCUT2D eigenvalue weighted by Gasteiger charge is 2.43. The Bertz CT molecular complexity index is 2140. The standard InChI is InChI=1S/C17H27NO2.C13H10OS2.C10H14OS.C8H9BrO.C4H7BrO2/c1-13(14-7-9-15(19)10-8-14)20-18-16(2,3)11-6-12-17(18,4)5;14-11-8-6-10(7-9-11)13(15)16-12-4-2-1-3-5-12;1-10(2,3)12-9-6-4-8(11)5-7-9;1-6(9)7-2-4-8(10)5-3-7;1-4(2,5)3(6)7/h7-10,13,19H,6,11-12H2,1-5H3;1-9,14H;4-7,11H,1-3H3;2-6,10H,1H3;1-2H3,(H,6,7). The number of carboxylic acids is 1. The molecule has 0 radical (unpaired) electrons. The molecule has 8 nitrogen and oxygen atoms in total. The summed E-state index contributed by atoms with van der Waals surface area (Å²) in [7, 11) is 0. The Hall–Kier alpha value is -3.56. The van der Waals surface area contributed by atoms with Crippen LogP contribution in [0.2, 0.25) is 0 Å². The largest absolute Gasteiger partial charge is 0.508 e. The van der Waals surface area contributed by atoms with Gasteiger partial charge in [0, 0.05) is 30.4 Å². The third kappa shape index (κ3) is 22.7. The van der Waals surface area contributed by atoms with E-state index in [2.05, 4.69) is 92.3 Å². The molecule has 0 aliphatic carbocycles. The minimum atomic E-state index is -0.840. The van der Waals surface area contributed by atoms with Gasteiger partial charge >= 0.3 is 5.97 Å². The molecular weight excluding hydrogens is 1010 g/mol. The molecule has 13 heteroatoms. The number of alkyl halides is 2. The van der Waals surface area contributed by atoms with Crippen molar-refractivity contribution < 1.29 is 35.2 Å². The number of carbonyl (C=O) groups is 1. The van der Waals surface area contributed by atoms with Crippen molar-refractivity contribution >= 4 is 77.8 Å². The van der Waals surface area contributed by atoms with Gasteiger partial charge in [-0.2, -0.15) is 5.06 Å². The summed E-state index contributed by atoms with van der Waals surface area (Å²) in [5.74, 6) is 0.355. The minimum Gasteiger partial charge on any atom is -0.508 e. The molecule has 2 unspecified atom stereocenters. The fourth-order valence-electron chi connectivity index (χ4n) is 6.08. The average molecular weight is 1070 g/mol. The lowest BCUT2D eigenvalue weighted by Gasteiger charge is -2.52. The monoisotopic (exact) mass is 1070 g/mol. The number of hydrogen-bond acceptors (Lipinski definition) is 10. The molecule has 1 fully saturated rings. The molecule has 5 aromatic rings. The average Bonchev–Trinajstić information content (AvgIpc) is 3.21. The summed E-state index contributed by atoms with van der Waals surface area (Å²) in [6.07, 6.45) is 3.53. The maximum atomic E-state index is 9.97. The van der Waals surface area contributed by atoms with Crippen molar-refractivity contribution in [1.82, 2.24) is 5.06 Å². The first kappa shape index (κ1) is 57.6. The van der Waals surface area contributed by atoms with Crippen LogP contribution in [0, 0.1) is 0 Å². The van der Waals surface area contributed by atoms with Crippen LogP contribution >= 0.6 is 67.6 Å². The van der Waals surface area contributed by atoms with E-state index in [0.717, 1.165) is 33.1 Å². The summed E-state index contributed by atoms with van der Waals surface area (Å²) in [6, 6.07) is 38.7. The number of benzene rings is 5. The number of hydrogen-bond donors (Lipinski definition) is 5. The smallest absolute Gasteiger partial charge is 0.319 e. The fraction of sp³-hybridized carbons (Fsp3) is 0.385. The van der Waals surface area contributed by atoms with E-state index in [1.54, 1.807) is 85.9 Å². The number of nitrogens with zero attached hydrogens (tertiary/aromatic N) is 1. The van der Waals surface area contributed by atoms with Crippen LogP contribution in [0.15, 0.2) is 137 Å². The Morgan fingerprint density at radius 1 is 0.662 bits per heavy atom. The molecule has 5 N–H and O–H groups in total. The van der Waals surface area contributed by atoms with Crippen molar-refractivity contribution in [3.8, 4) is 23.0 Å². The van der Waals surface area contributed by atoms with Crippen LogP contribution in [0.4, 0.5) is 0 Å². The van der Waals surface area contributed by atoms with Gasteiger partial charge in [0.2, 0.25) is 0 Å². The Morgan fingerprint density at radius 2 is 1.05 bits per heavy atom. The van der Waals surface area contributed by atoms with Crippen molar-refractivity contribution in [2.75, 3.05) is 0 Å². The van der Waals surface area contributed by atoms with Crippen LogP contribution in [-0.4, -0.2) is 60.9 Å². The van der Waals surface area contributed by atoms with Gasteiger partial charge in [-0.3, -0.25) is 9.63 Å². The van der Waals surface area contributed by atoms with E-state index in [1.807, 2.05) is 85.8 Å². The zero-order chi connectivity index (χ0) is 49.2. The molecule has 0 spiro atoms. The van der Waals surface area contributed by atoms with Gasteiger partial charge < -0.3 is 25.5 Å². The van der Waals surface area contributed by atoms with Crippen LogP contribution in [0.3, 0.4) is 0 Å². The van der Waals surface area contributed by atoms with E-state index in [-0.39, 0.29) is 27.7 Å². The van der Waals surface area contributed by atoms with E-state index in [0.29, 0.717) is 22.1 Å². The lowest BCUT2D eigenvalue weighted by molar-refractivity contribution is -0.304.